The molecular formula is C15H12BrFO2. The maximum Gasteiger partial charge on any atom is 0.200 e. The molecule has 0 unspecified atom stereocenters. The topological polar surface area (TPSA) is 26.3 Å². The Morgan fingerprint density at radius 1 is 1.21 bits per heavy atom. The van der Waals surface area contributed by atoms with Gasteiger partial charge in [0, 0.05) is 10.0 Å². The first-order valence-electron chi connectivity index (χ1n) is 5.74. The summed E-state index contributed by atoms with van der Waals surface area (Å²) >= 11 is 3.31. The Labute approximate surface area is 119 Å². The van der Waals surface area contributed by atoms with Gasteiger partial charge in [-0.05, 0) is 42.8 Å². The Hall–Kier alpha value is -1.68. The average Bonchev–Trinajstić information content (AvgIpc) is 2.40. The van der Waals surface area contributed by atoms with E-state index in [-0.39, 0.29) is 18.2 Å². The van der Waals surface area contributed by atoms with Crippen LogP contribution in [-0.2, 0) is 0 Å². The zero-order valence-electron chi connectivity index (χ0n) is 10.3. The molecule has 98 valence electrons. The van der Waals surface area contributed by atoms with E-state index in [4.69, 9.17) is 4.74 Å². The lowest BCUT2D eigenvalue weighted by Crippen LogP contribution is -2.11. The molecule has 0 aliphatic heterocycles. The molecule has 0 saturated heterocycles. The Kier molecular flexibility index (Phi) is 4.32. The molecule has 2 aromatic carbocycles. The minimum Gasteiger partial charge on any atom is -0.485 e. The van der Waals surface area contributed by atoms with Crippen molar-refractivity contribution in [3.05, 3.63) is 63.9 Å². The van der Waals surface area contributed by atoms with Crippen molar-refractivity contribution in [1.82, 2.24) is 0 Å². The van der Waals surface area contributed by atoms with Crippen molar-refractivity contribution in [3.63, 3.8) is 0 Å². The van der Waals surface area contributed by atoms with Gasteiger partial charge in [0.1, 0.15) is 11.6 Å². The second kappa shape index (κ2) is 5.97. The highest BCUT2D eigenvalue weighted by Crippen LogP contribution is 2.16. The SMILES string of the molecule is Cc1cc(OCC(=O)c2ccc(Br)cc2)ccc1F. The van der Waals surface area contributed by atoms with Crippen LogP contribution >= 0.6 is 15.9 Å². The van der Waals surface area contributed by atoms with Crippen LogP contribution in [0.1, 0.15) is 15.9 Å². The van der Waals surface area contributed by atoms with Crippen molar-refractivity contribution in [3.8, 4) is 5.75 Å². The first-order valence-corrected chi connectivity index (χ1v) is 6.53. The van der Waals surface area contributed by atoms with Crippen molar-refractivity contribution in [2.75, 3.05) is 6.61 Å². The summed E-state index contributed by atoms with van der Waals surface area (Å²) in [6.45, 7) is 1.59. The summed E-state index contributed by atoms with van der Waals surface area (Å²) in [7, 11) is 0. The Balaban J connectivity index is 2.00. The molecular weight excluding hydrogens is 311 g/mol. The molecule has 0 aromatic heterocycles. The van der Waals surface area contributed by atoms with Crippen LogP contribution in [0.5, 0.6) is 5.75 Å². The fourth-order valence-electron chi connectivity index (χ4n) is 1.57. The van der Waals surface area contributed by atoms with Gasteiger partial charge in [-0.2, -0.15) is 0 Å². The number of carbonyl (C=O) groups is 1. The van der Waals surface area contributed by atoms with Gasteiger partial charge >= 0.3 is 0 Å². The summed E-state index contributed by atoms with van der Waals surface area (Å²) in [4.78, 5) is 11.9. The number of aryl methyl sites for hydroxylation is 1. The Bertz CT molecular complexity index is 594. The lowest BCUT2D eigenvalue weighted by molar-refractivity contribution is 0.0921. The predicted molar refractivity (Wildman–Crippen MR) is 75.1 cm³/mol. The molecule has 0 aliphatic rings. The van der Waals surface area contributed by atoms with Crippen LogP contribution in [0.25, 0.3) is 0 Å². The molecule has 0 heterocycles. The molecule has 0 atom stereocenters. The molecule has 0 aliphatic carbocycles. The number of Topliss-reactive ketones (excluding diaryl/α,β-unsaturated/α-hetero) is 1. The molecule has 2 aromatic rings. The van der Waals surface area contributed by atoms with Crippen molar-refractivity contribution in [2.45, 2.75) is 6.92 Å². The number of carbonyl (C=O) groups excluding carboxylic acids is 1. The van der Waals surface area contributed by atoms with E-state index in [0.29, 0.717) is 16.9 Å². The quantitative estimate of drug-likeness (QED) is 0.790. The Morgan fingerprint density at radius 2 is 1.89 bits per heavy atom. The lowest BCUT2D eigenvalue weighted by atomic mass is 10.1. The molecule has 19 heavy (non-hydrogen) atoms. The van der Waals surface area contributed by atoms with Crippen LogP contribution < -0.4 is 4.74 Å². The normalized spacial score (nSPS) is 10.3. The highest BCUT2D eigenvalue weighted by atomic mass is 79.9. The average molecular weight is 323 g/mol. The second-order valence-corrected chi connectivity index (χ2v) is 5.05. The van der Waals surface area contributed by atoms with Gasteiger partial charge < -0.3 is 4.74 Å². The molecule has 2 nitrogen and oxygen atoms in total. The number of hydrogen-bond donors (Lipinski definition) is 0. The second-order valence-electron chi connectivity index (χ2n) is 4.13. The fourth-order valence-corrected chi connectivity index (χ4v) is 1.84. The molecule has 0 fully saturated rings. The van der Waals surface area contributed by atoms with Crippen molar-refractivity contribution in [2.24, 2.45) is 0 Å². The largest absolute Gasteiger partial charge is 0.485 e. The van der Waals surface area contributed by atoms with E-state index >= 15 is 0 Å². The molecule has 0 spiro atoms. The van der Waals surface area contributed by atoms with Gasteiger partial charge in [-0.15, -0.1) is 0 Å². The van der Waals surface area contributed by atoms with Gasteiger partial charge in [-0.25, -0.2) is 4.39 Å². The monoisotopic (exact) mass is 322 g/mol. The number of rotatable bonds is 4. The van der Waals surface area contributed by atoms with Crippen LogP contribution in [0.3, 0.4) is 0 Å². The van der Waals surface area contributed by atoms with E-state index in [0.717, 1.165) is 4.47 Å². The summed E-state index contributed by atoms with van der Waals surface area (Å²) in [5, 5.41) is 0. The maximum absolute atomic E-state index is 13.1. The van der Waals surface area contributed by atoms with Crippen molar-refractivity contribution < 1.29 is 13.9 Å². The minimum absolute atomic E-state index is 0.0628. The number of halogens is 2. The smallest absolute Gasteiger partial charge is 0.200 e. The van der Waals surface area contributed by atoms with Crippen LogP contribution in [0.2, 0.25) is 0 Å². The highest BCUT2D eigenvalue weighted by molar-refractivity contribution is 9.10. The summed E-state index contributed by atoms with van der Waals surface area (Å²) < 4.78 is 19.3. The molecule has 0 radical (unpaired) electrons. The van der Waals surface area contributed by atoms with Gasteiger partial charge in [0.25, 0.3) is 0 Å². The summed E-state index contributed by atoms with van der Waals surface area (Å²) in [6.07, 6.45) is 0. The summed E-state index contributed by atoms with van der Waals surface area (Å²) in [5.41, 5.74) is 1.08. The molecule has 0 saturated carbocycles. The van der Waals surface area contributed by atoms with E-state index in [9.17, 15) is 9.18 Å². The van der Waals surface area contributed by atoms with Gasteiger partial charge in [-0.1, -0.05) is 28.1 Å². The zero-order chi connectivity index (χ0) is 13.8. The van der Waals surface area contributed by atoms with Crippen LogP contribution in [0.4, 0.5) is 4.39 Å². The number of ketones is 1. The summed E-state index contributed by atoms with van der Waals surface area (Å²) in [5.74, 6) is 0.0884. The number of ether oxygens (including phenoxy) is 1. The van der Waals surface area contributed by atoms with Crippen LogP contribution in [0, 0.1) is 12.7 Å². The Morgan fingerprint density at radius 3 is 2.53 bits per heavy atom. The number of hydrogen-bond acceptors (Lipinski definition) is 2. The van der Waals surface area contributed by atoms with Gasteiger partial charge in [0.15, 0.2) is 12.4 Å². The van der Waals surface area contributed by atoms with Crippen LogP contribution in [-0.4, -0.2) is 12.4 Å². The van der Waals surface area contributed by atoms with Gasteiger partial charge in [-0.3, -0.25) is 4.79 Å². The number of benzene rings is 2. The van der Waals surface area contributed by atoms with E-state index in [2.05, 4.69) is 15.9 Å². The minimum atomic E-state index is -0.286. The zero-order valence-corrected chi connectivity index (χ0v) is 11.9. The third kappa shape index (κ3) is 3.64. The third-order valence-electron chi connectivity index (χ3n) is 2.67. The standard InChI is InChI=1S/C15H12BrFO2/c1-10-8-13(6-7-14(10)17)19-9-15(18)11-2-4-12(16)5-3-11/h2-8H,9H2,1H3. The van der Waals surface area contributed by atoms with Crippen molar-refractivity contribution >= 4 is 21.7 Å². The third-order valence-corrected chi connectivity index (χ3v) is 3.19. The van der Waals surface area contributed by atoms with Crippen LogP contribution in [0.15, 0.2) is 46.9 Å². The fraction of sp³-hybridized carbons (Fsp3) is 0.133. The lowest BCUT2D eigenvalue weighted by Gasteiger charge is -2.07. The highest BCUT2D eigenvalue weighted by Gasteiger charge is 2.07. The molecule has 2 rings (SSSR count). The summed E-state index contributed by atoms with van der Waals surface area (Å²) in [6, 6.07) is 11.5. The van der Waals surface area contributed by atoms with E-state index in [1.54, 1.807) is 37.3 Å². The van der Waals surface area contributed by atoms with Gasteiger partial charge in [0.2, 0.25) is 0 Å². The van der Waals surface area contributed by atoms with E-state index in [1.165, 1.54) is 12.1 Å². The van der Waals surface area contributed by atoms with E-state index < -0.39 is 0 Å². The maximum atomic E-state index is 13.1. The predicted octanol–water partition coefficient (Wildman–Crippen LogP) is 4.16. The van der Waals surface area contributed by atoms with Crippen molar-refractivity contribution in [1.29, 1.82) is 0 Å². The molecule has 0 amide bonds. The molecule has 4 heteroatoms. The first-order chi connectivity index (χ1) is 9.06. The first kappa shape index (κ1) is 13.7. The van der Waals surface area contributed by atoms with Gasteiger partial charge in [0.05, 0.1) is 0 Å². The van der Waals surface area contributed by atoms with E-state index in [1.807, 2.05) is 0 Å². The molecule has 0 N–H and O–H groups in total. The molecule has 0 bridgehead atoms.